The Balaban J connectivity index is 1.44. The molecule has 5 aromatic rings. The van der Waals surface area contributed by atoms with E-state index in [4.69, 9.17) is 9.47 Å². The molecule has 0 fully saturated rings. The minimum absolute atomic E-state index is 0.293. The summed E-state index contributed by atoms with van der Waals surface area (Å²) in [7, 11) is 0. The van der Waals surface area contributed by atoms with Crippen molar-refractivity contribution in [2.24, 2.45) is 0 Å². The van der Waals surface area contributed by atoms with Crippen molar-refractivity contribution in [3.05, 3.63) is 132 Å². The Morgan fingerprint density at radius 1 is 0.706 bits per heavy atom. The van der Waals surface area contributed by atoms with Crippen LogP contribution in [0, 0.1) is 0 Å². The van der Waals surface area contributed by atoms with Gasteiger partial charge in [0, 0.05) is 28.2 Å². The number of carbonyl (C=O) groups is 2. The van der Waals surface area contributed by atoms with Crippen LogP contribution in [-0.4, -0.2) is 16.7 Å². The maximum atomic E-state index is 13.6. The molecule has 0 spiro atoms. The summed E-state index contributed by atoms with van der Waals surface area (Å²) in [6.07, 6.45) is 0.567. The van der Waals surface area contributed by atoms with Gasteiger partial charge in [-0.2, -0.15) is 0 Å². The van der Waals surface area contributed by atoms with E-state index in [1.165, 1.54) is 0 Å². The summed E-state index contributed by atoms with van der Waals surface area (Å²) in [4.78, 5) is 29.8. The summed E-state index contributed by atoms with van der Waals surface area (Å²) in [6, 6.07) is 32.6. The molecule has 0 aliphatic carbocycles. The molecule has 1 aromatic heterocycles. The van der Waals surface area contributed by atoms with Crippen LogP contribution in [0.3, 0.4) is 0 Å². The second kappa shape index (κ2) is 9.46. The standard InChI is InChI=1S/C29H21NO4/c31-27(25-19-30-26-17-8-7-16-24(25)26)28(20-10-3-1-4-11-20)34-29(32)21-12-9-15-23(18-21)33-22-13-5-2-6-14-22/h1-19,28,30H/t28-/m1/s1. The summed E-state index contributed by atoms with van der Waals surface area (Å²) in [6.45, 7) is 0. The van der Waals surface area contributed by atoms with Gasteiger partial charge in [-0.3, -0.25) is 4.79 Å². The van der Waals surface area contributed by atoms with Gasteiger partial charge < -0.3 is 14.5 Å². The molecule has 0 bridgehead atoms. The summed E-state index contributed by atoms with van der Waals surface area (Å²) in [5, 5.41) is 0.780. The first-order valence-electron chi connectivity index (χ1n) is 10.9. The lowest BCUT2D eigenvalue weighted by Gasteiger charge is -2.17. The second-order valence-electron chi connectivity index (χ2n) is 7.75. The number of hydrogen-bond donors (Lipinski definition) is 1. The number of benzene rings is 4. The van der Waals surface area contributed by atoms with Crippen molar-refractivity contribution in [2.45, 2.75) is 6.10 Å². The van der Waals surface area contributed by atoms with E-state index in [0.29, 0.717) is 28.2 Å². The predicted octanol–water partition coefficient (Wildman–Crippen LogP) is 6.74. The van der Waals surface area contributed by atoms with Crippen LogP contribution in [0.1, 0.15) is 32.4 Å². The molecule has 0 aliphatic rings. The van der Waals surface area contributed by atoms with Gasteiger partial charge in [0.05, 0.1) is 5.56 Å². The Kier molecular flexibility index (Phi) is 5.91. The maximum Gasteiger partial charge on any atom is 0.339 e. The molecule has 166 valence electrons. The number of rotatable bonds is 7. The van der Waals surface area contributed by atoms with Crippen LogP contribution in [0.4, 0.5) is 0 Å². The normalized spacial score (nSPS) is 11.6. The predicted molar refractivity (Wildman–Crippen MR) is 130 cm³/mol. The molecular weight excluding hydrogens is 426 g/mol. The third-order valence-corrected chi connectivity index (χ3v) is 5.47. The van der Waals surface area contributed by atoms with Crippen molar-refractivity contribution in [1.82, 2.24) is 4.98 Å². The van der Waals surface area contributed by atoms with Crippen LogP contribution in [0.2, 0.25) is 0 Å². The number of para-hydroxylation sites is 2. The van der Waals surface area contributed by atoms with Gasteiger partial charge in [-0.05, 0) is 36.4 Å². The number of aromatic nitrogens is 1. The number of fused-ring (bicyclic) bond motifs is 1. The highest BCUT2D eigenvalue weighted by Crippen LogP contribution is 2.29. The van der Waals surface area contributed by atoms with Gasteiger partial charge in [0.1, 0.15) is 11.5 Å². The number of carbonyl (C=O) groups excluding carboxylic acids is 2. The molecule has 0 saturated heterocycles. The number of H-pyrrole nitrogens is 1. The summed E-state index contributed by atoms with van der Waals surface area (Å²) in [5.74, 6) is 0.249. The zero-order valence-corrected chi connectivity index (χ0v) is 18.2. The molecule has 5 heteroatoms. The lowest BCUT2D eigenvalue weighted by molar-refractivity contribution is 0.0280. The number of aromatic amines is 1. The highest BCUT2D eigenvalue weighted by Gasteiger charge is 2.28. The van der Waals surface area contributed by atoms with E-state index in [9.17, 15) is 9.59 Å². The van der Waals surface area contributed by atoms with Crippen LogP contribution in [0.25, 0.3) is 10.9 Å². The molecule has 0 amide bonds. The molecule has 0 radical (unpaired) electrons. The first kappa shape index (κ1) is 21.2. The van der Waals surface area contributed by atoms with Gasteiger partial charge in [0.2, 0.25) is 5.78 Å². The van der Waals surface area contributed by atoms with Crippen molar-refractivity contribution >= 4 is 22.7 Å². The fourth-order valence-corrected chi connectivity index (χ4v) is 3.80. The van der Waals surface area contributed by atoms with E-state index in [1.54, 1.807) is 42.6 Å². The Labute approximate surface area is 196 Å². The quantitative estimate of drug-likeness (QED) is 0.222. The van der Waals surface area contributed by atoms with Crippen molar-refractivity contribution in [3.8, 4) is 11.5 Å². The third kappa shape index (κ3) is 4.45. The van der Waals surface area contributed by atoms with Gasteiger partial charge in [0.15, 0.2) is 6.10 Å². The number of ether oxygens (including phenoxy) is 2. The molecular formula is C29H21NO4. The van der Waals surface area contributed by atoms with E-state index >= 15 is 0 Å². The minimum Gasteiger partial charge on any atom is -0.457 e. The Hall–Kier alpha value is -4.64. The van der Waals surface area contributed by atoms with Crippen LogP contribution < -0.4 is 4.74 Å². The molecule has 5 rings (SSSR count). The number of hydrogen-bond acceptors (Lipinski definition) is 4. The molecule has 0 unspecified atom stereocenters. The van der Waals surface area contributed by atoms with Crippen LogP contribution in [0.15, 0.2) is 115 Å². The zero-order valence-electron chi connectivity index (χ0n) is 18.2. The topological polar surface area (TPSA) is 68.4 Å². The van der Waals surface area contributed by atoms with Crippen molar-refractivity contribution in [2.75, 3.05) is 0 Å². The number of nitrogens with one attached hydrogen (secondary N) is 1. The third-order valence-electron chi connectivity index (χ3n) is 5.47. The minimum atomic E-state index is -1.09. The fourth-order valence-electron chi connectivity index (χ4n) is 3.80. The van der Waals surface area contributed by atoms with Crippen molar-refractivity contribution in [1.29, 1.82) is 0 Å². The monoisotopic (exact) mass is 447 g/mol. The van der Waals surface area contributed by atoms with Crippen molar-refractivity contribution < 1.29 is 19.1 Å². The van der Waals surface area contributed by atoms with Crippen LogP contribution in [0.5, 0.6) is 11.5 Å². The summed E-state index contributed by atoms with van der Waals surface area (Å²) in [5.41, 5.74) is 2.21. The Morgan fingerprint density at radius 3 is 2.18 bits per heavy atom. The van der Waals surface area contributed by atoms with Gasteiger partial charge >= 0.3 is 5.97 Å². The lowest BCUT2D eigenvalue weighted by atomic mass is 9.99. The molecule has 1 N–H and O–H groups in total. The van der Waals surface area contributed by atoms with E-state index in [0.717, 1.165) is 10.9 Å². The maximum absolute atomic E-state index is 13.6. The molecule has 1 heterocycles. The van der Waals surface area contributed by atoms with E-state index in [2.05, 4.69) is 4.98 Å². The molecule has 4 aromatic carbocycles. The number of esters is 1. The van der Waals surface area contributed by atoms with Gasteiger partial charge in [0.25, 0.3) is 0 Å². The largest absolute Gasteiger partial charge is 0.457 e. The van der Waals surface area contributed by atoms with Crippen molar-refractivity contribution in [3.63, 3.8) is 0 Å². The van der Waals surface area contributed by atoms with E-state index in [1.807, 2.05) is 72.8 Å². The van der Waals surface area contributed by atoms with Crippen LogP contribution >= 0.6 is 0 Å². The lowest BCUT2D eigenvalue weighted by Crippen LogP contribution is -2.20. The average molecular weight is 447 g/mol. The summed E-state index contributed by atoms with van der Waals surface area (Å²) < 4.78 is 11.6. The fraction of sp³-hybridized carbons (Fsp3) is 0.0345. The van der Waals surface area contributed by atoms with Crippen LogP contribution in [-0.2, 0) is 4.74 Å². The van der Waals surface area contributed by atoms with Gasteiger partial charge in [-0.1, -0.05) is 72.8 Å². The second-order valence-corrected chi connectivity index (χ2v) is 7.75. The van der Waals surface area contributed by atoms with Gasteiger partial charge in [-0.25, -0.2) is 4.79 Å². The first-order valence-corrected chi connectivity index (χ1v) is 10.9. The molecule has 34 heavy (non-hydrogen) atoms. The smallest absolute Gasteiger partial charge is 0.339 e. The highest BCUT2D eigenvalue weighted by atomic mass is 16.5. The Morgan fingerprint density at radius 2 is 1.38 bits per heavy atom. The SMILES string of the molecule is O=C(O[C@@H](C(=O)c1c[nH]c2ccccc12)c1ccccc1)c1cccc(Oc2ccccc2)c1. The Bertz CT molecular complexity index is 1440. The first-order chi connectivity index (χ1) is 16.7. The highest BCUT2D eigenvalue weighted by molar-refractivity contribution is 6.11. The zero-order chi connectivity index (χ0) is 23.3. The average Bonchev–Trinajstić information content (AvgIpc) is 3.32. The molecule has 5 nitrogen and oxygen atoms in total. The van der Waals surface area contributed by atoms with Gasteiger partial charge in [-0.15, -0.1) is 0 Å². The number of Topliss-reactive ketones (excluding diaryl/α,β-unsaturated/α-hetero) is 1. The summed E-state index contributed by atoms with van der Waals surface area (Å²) >= 11 is 0. The number of ketones is 1. The molecule has 0 saturated carbocycles. The molecule has 0 aliphatic heterocycles. The van der Waals surface area contributed by atoms with E-state index in [-0.39, 0.29) is 5.78 Å². The molecule has 1 atom stereocenters. The van der Waals surface area contributed by atoms with E-state index < -0.39 is 12.1 Å².